The van der Waals surface area contributed by atoms with Gasteiger partial charge >= 0.3 is 5.97 Å². The molecule has 0 spiro atoms. The number of amides is 1. The lowest BCUT2D eigenvalue weighted by molar-refractivity contribution is -0.124. The third kappa shape index (κ3) is 4.19. The van der Waals surface area contributed by atoms with Gasteiger partial charge < -0.3 is 14.8 Å². The van der Waals surface area contributed by atoms with Crippen LogP contribution in [0.15, 0.2) is 24.3 Å². The first kappa shape index (κ1) is 18.3. The first-order valence-electron chi connectivity index (χ1n) is 9.04. The van der Waals surface area contributed by atoms with Gasteiger partial charge in [-0.25, -0.2) is 4.79 Å². The second-order valence-electron chi connectivity index (χ2n) is 6.41. The van der Waals surface area contributed by atoms with Gasteiger partial charge in [-0.3, -0.25) is 9.78 Å². The molecule has 0 fully saturated rings. The highest BCUT2D eigenvalue weighted by Crippen LogP contribution is 2.29. The molecular weight excluding hydrogens is 332 g/mol. The minimum absolute atomic E-state index is 0.281. The van der Waals surface area contributed by atoms with Crippen molar-refractivity contribution in [3.8, 4) is 0 Å². The number of aryl methyl sites for hydroxylation is 1. The number of nitrogens with zero attached hydrogens (tertiary/aromatic N) is 1. The highest BCUT2D eigenvalue weighted by Gasteiger charge is 2.23. The van der Waals surface area contributed by atoms with E-state index in [9.17, 15) is 9.59 Å². The molecule has 2 aromatic rings. The Hall–Kier alpha value is -2.47. The van der Waals surface area contributed by atoms with Gasteiger partial charge in [0, 0.05) is 31.3 Å². The SMILES string of the molecule is COCCCNC(=O)COC(=O)c1c2c(nc3ccccc13)CCCC2. The summed E-state index contributed by atoms with van der Waals surface area (Å²) in [6.45, 7) is 0.796. The standard InChI is InChI=1S/C20H24N2O4/c1-25-12-6-11-21-18(23)13-26-20(24)19-14-7-2-4-9-16(14)22-17-10-5-3-8-15(17)19/h2,4,7,9H,3,5-6,8,10-13H2,1H3,(H,21,23). The maximum Gasteiger partial charge on any atom is 0.339 e. The molecule has 1 N–H and O–H groups in total. The zero-order valence-electron chi connectivity index (χ0n) is 15.0. The summed E-state index contributed by atoms with van der Waals surface area (Å²) in [7, 11) is 1.61. The van der Waals surface area contributed by atoms with Crippen molar-refractivity contribution in [1.29, 1.82) is 0 Å². The molecule has 0 saturated heterocycles. The van der Waals surface area contributed by atoms with Crippen LogP contribution >= 0.6 is 0 Å². The highest BCUT2D eigenvalue weighted by atomic mass is 16.5. The Morgan fingerprint density at radius 1 is 1.19 bits per heavy atom. The summed E-state index contributed by atoms with van der Waals surface area (Å²) >= 11 is 0. The molecule has 1 aromatic heterocycles. The lowest BCUT2D eigenvalue weighted by atomic mass is 9.90. The molecule has 1 aliphatic carbocycles. The molecule has 0 saturated carbocycles. The predicted molar refractivity (Wildman–Crippen MR) is 98.2 cm³/mol. The van der Waals surface area contributed by atoms with Crippen LogP contribution in [0.5, 0.6) is 0 Å². The molecule has 6 nitrogen and oxygen atoms in total. The second-order valence-corrected chi connectivity index (χ2v) is 6.41. The quantitative estimate of drug-likeness (QED) is 0.609. The third-order valence-corrected chi connectivity index (χ3v) is 4.56. The van der Waals surface area contributed by atoms with Crippen LogP contribution in [0, 0.1) is 0 Å². The van der Waals surface area contributed by atoms with Crippen LogP contribution in [0.2, 0.25) is 0 Å². The average molecular weight is 356 g/mol. The Bertz CT molecular complexity index is 804. The Balaban J connectivity index is 1.74. The Kier molecular flexibility index (Phi) is 6.17. The molecule has 1 heterocycles. The number of methoxy groups -OCH3 is 1. The number of ether oxygens (including phenoxy) is 2. The van der Waals surface area contributed by atoms with E-state index in [-0.39, 0.29) is 12.5 Å². The summed E-state index contributed by atoms with van der Waals surface area (Å²) < 4.78 is 10.2. The number of carbonyl (C=O) groups excluding carboxylic acids is 2. The highest BCUT2D eigenvalue weighted by molar-refractivity contribution is 6.05. The number of pyridine rings is 1. The van der Waals surface area contributed by atoms with E-state index in [0.29, 0.717) is 18.7 Å². The van der Waals surface area contributed by atoms with E-state index in [1.54, 1.807) is 7.11 Å². The number of benzene rings is 1. The molecule has 1 aliphatic rings. The van der Waals surface area contributed by atoms with Crippen molar-refractivity contribution >= 4 is 22.8 Å². The predicted octanol–water partition coefficient (Wildman–Crippen LogP) is 2.42. The fourth-order valence-corrected chi connectivity index (χ4v) is 3.30. The van der Waals surface area contributed by atoms with Crippen LogP contribution in [0.3, 0.4) is 0 Å². The maximum absolute atomic E-state index is 12.8. The number of hydrogen-bond donors (Lipinski definition) is 1. The van der Waals surface area contributed by atoms with Gasteiger partial charge in [-0.2, -0.15) is 0 Å². The fourth-order valence-electron chi connectivity index (χ4n) is 3.30. The molecule has 3 rings (SSSR count). The number of esters is 1. The number of hydrogen-bond acceptors (Lipinski definition) is 5. The summed E-state index contributed by atoms with van der Waals surface area (Å²) in [6.07, 6.45) is 4.53. The first-order chi connectivity index (χ1) is 12.7. The van der Waals surface area contributed by atoms with Crippen molar-refractivity contribution in [1.82, 2.24) is 10.3 Å². The van der Waals surface area contributed by atoms with Crippen molar-refractivity contribution < 1.29 is 19.1 Å². The van der Waals surface area contributed by atoms with Crippen molar-refractivity contribution in [3.05, 3.63) is 41.1 Å². The van der Waals surface area contributed by atoms with Crippen molar-refractivity contribution in [2.45, 2.75) is 32.1 Å². The van der Waals surface area contributed by atoms with E-state index in [1.165, 1.54) is 0 Å². The van der Waals surface area contributed by atoms with Gasteiger partial charge in [0.25, 0.3) is 5.91 Å². The lowest BCUT2D eigenvalue weighted by Crippen LogP contribution is -2.30. The minimum Gasteiger partial charge on any atom is -0.452 e. The smallest absolute Gasteiger partial charge is 0.339 e. The molecule has 6 heteroatoms. The van der Waals surface area contributed by atoms with Crippen LogP contribution in [0.4, 0.5) is 0 Å². The Morgan fingerprint density at radius 3 is 2.85 bits per heavy atom. The number of fused-ring (bicyclic) bond motifs is 2. The van der Waals surface area contributed by atoms with Crippen LogP contribution in [0.25, 0.3) is 10.9 Å². The molecule has 0 bridgehead atoms. The van der Waals surface area contributed by atoms with Crippen LogP contribution in [-0.2, 0) is 27.1 Å². The summed E-state index contributed by atoms with van der Waals surface area (Å²) in [5.74, 6) is -0.754. The topological polar surface area (TPSA) is 77.5 Å². The van der Waals surface area contributed by atoms with Gasteiger partial charge in [0.15, 0.2) is 6.61 Å². The molecule has 26 heavy (non-hydrogen) atoms. The molecule has 138 valence electrons. The number of carbonyl (C=O) groups is 2. The summed E-state index contributed by atoms with van der Waals surface area (Å²) in [4.78, 5) is 29.3. The number of para-hydroxylation sites is 1. The zero-order chi connectivity index (χ0) is 18.4. The number of aromatic nitrogens is 1. The van der Waals surface area contributed by atoms with Gasteiger partial charge in [0.05, 0.1) is 11.1 Å². The fraction of sp³-hybridized carbons (Fsp3) is 0.450. The van der Waals surface area contributed by atoms with Crippen molar-refractivity contribution in [2.24, 2.45) is 0 Å². The molecule has 0 atom stereocenters. The third-order valence-electron chi connectivity index (χ3n) is 4.56. The van der Waals surface area contributed by atoms with Gasteiger partial charge in [-0.1, -0.05) is 18.2 Å². The van der Waals surface area contributed by atoms with Gasteiger partial charge in [0.1, 0.15) is 0 Å². The minimum atomic E-state index is -0.450. The van der Waals surface area contributed by atoms with E-state index in [4.69, 9.17) is 14.5 Å². The summed E-state index contributed by atoms with van der Waals surface area (Å²) in [5.41, 5.74) is 3.31. The van der Waals surface area contributed by atoms with Gasteiger partial charge in [-0.15, -0.1) is 0 Å². The van der Waals surface area contributed by atoms with E-state index < -0.39 is 5.97 Å². The molecule has 0 radical (unpaired) electrons. The van der Waals surface area contributed by atoms with Crippen LogP contribution < -0.4 is 5.32 Å². The van der Waals surface area contributed by atoms with Crippen LogP contribution in [-0.4, -0.2) is 43.7 Å². The molecule has 0 aliphatic heterocycles. The van der Waals surface area contributed by atoms with E-state index >= 15 is 0 Å². The zero-order valence-corrected chi connectivity index (χ0v) is 15.0. The van der Waals surface area contributed by atoms with Gasteiger partial charge in [0.2, 0.25) is 0 Å². The van der Waals surface area contributed by atoms with Gasteiger partial charge in [-0.05, 0) is 43.7 Å². The van der Waals surface area contributed by atoms with Crippen LogP contribution in [0.1, 0.15) is 40.9 Å². The molecule has 1 amide bonds. The van der Waals surface area contributed by atoms with E-state index in [0.717, 1.165) is 54.3 Å². The summed E-state index contributed by atoms with van der Waals surface area (Å²) in [6, 6.07) is 7.59. The van der Waals surface area contributed by atoms with E-state index in [2.05, 4.69) is 5.32 Å². The van der Waals surface area contributed by atoms with E-state index in [1.807, 2.05) is 24.3 Å². The average Bonchev–Trinajstić information content (AvgIpc) is 2.67. The second kappa shape index (κ2) is 8.76. The Morgan fingerprint density at radius 2 is 2.00 bits per heavy atom. The first-order valence-corrected chi connectivity index (χ1v) is 9.04. The monoisotopic (exact) mass is 356 g/mol. The van der Waals surface area contributed by atoms with Crippen molar-refractivity contribution in [2.75, 3.05) is 26.9 Å². The number of nitrogens with one attached hydrogen (secondary N) is 1. The normalized spacial score (nSPS) is 13.3. The summed E-state index contributed by atoms with van der Waals surface area (Å²) in [5, 5.41) is 3.51. The maximum atomic E-state index is 12.8. The lowest BCUT2D eigenvalue weighted by Gasteiger charge is -2.19. The largest absolute Gasteiger partial charge is 0.452 e. The molecule has 1 aromatic carbocycles. The molecule has 0 unspecified atom stereocenters. The molecular formula is C20H24N2O4. The Labute approximate surface area is 152 Å². The number of rotatable bonds is 7. The van der Waals surface area contributed by atoms with Crippen molar-refractivity contribution in [3.63, 3.8) is 0 Å².